The van der Waals surface area contributed by atoms with Crippen molar-refractivity contribution in [1.82, 2.24) is 10.2 Å². The maximum atomic E-state index is 14.2. The van der Waals surface area contributed by atoms with Gasteiger partial charge in [0, 0.05) is 18.1 Å². The first-order chi connectivity index (χ1) is 19.0. The Labute approximate surface area is 243 Å². The number of rotatable bonds is 12. The summed E-state index contributed by atoms with van der Waals surface area (Å²) in [5.41, 5.74) is 3.71. The van der Waals surface area contributed by atoms with Crippen molar-refractivity contribution in [3.63, 3.8) is 0 Å². The highest BCUT2D eigenvalue weighted by molar-refractivity contribution is 7.92. The van der Waals surface area contributed by atoms with Crippen molar-refractivity contribution in [3.8, 4) is 0 Å². The summed E-state index contributed by atoms with van der Waals surface area (Å²) in [4.78, 5) is 28.9. The van der Waals surface area contributed by atoms with E-state index in [9.17, 15) is 18.0 Å². The van der Waals surface area contributed by atoms with Crippen LogP contribution < -0.4 is 9.62 Å². The van der Waals surface area contributed by atoms with Crippen molar-refractivity contribution in [2.75, 3.05) is 17.4 Å². The average Bonchev–Trinajstić information content (AvgIpc) is 2.93. The molecule has 0 heterocycles. The molecule has 0 spiro atoms. The second kappa shape index (κ2) is 13.8. The lowest BCUT2D eigenvalue weighted by Gasteiger charge is -2.34. The maximum Gasteiger partial charge on any atom is 0.264 e. The van der Waals surface area contributed by atoms with Gasteiger partial charge in [-0.05, 0) is 74.6 Å². The van der Waals surface area contributed by atoms with Crippen LogP contribution in [-0.2, 0) is 26.2 Å². The fraction of sp³-hybridized carbons (Fsp3) is 0.355. The third kappa shape index (κ3) is 7.43. The van der Waals surface area contributed by atoms with Gasteiger partial charge in [0.1, 0.15) is 12.6 Å². The van der Waals surface area contributed by atoms with E-state index in [1.807, 2.05) is 52.0 Å². The number of benzene rings is 3. The first-order valence-electron chi connectivity index (χ1n) is 13.5. The van der Waals surface area contributed by atoms with E-state index in [1.165, 1.54) is 17.0 Å². The van der Waals surface area contributed by atoms with Gasteiger partial charge in [0.05, 0.1) is 10.6 Å². The Morgan fingerprint density at radius 2 is 1.60 bits per heavy atom. The largest absolute Gasteiger partial charge is 0.354 e. The molecule has 0 aliphatic rings. The Bertz CT molecular complexity index is 1440. The van der Waals surface area contributed by atoms with Gasteiger partial charge in [-0.1, -0.05) is 73.5 Å². The quantitative estimate of drug-likeness (QED) is 0.292. The number of nitrogens with one attached hydrogen (secondary N) is 1. The number of halogens is 1. The number of anilines is 1. The van der Waals surface area contributed by atoms with Gasteiger partial charge < -0.3 is 10.2 Å². The molecule has 0 aromatic heterocycles. The number of nitrogens with zero attached hydrogens (tertiary/aromatic N) is 2. The second-order valence-corrected chi connectivity index (χ2v) is 12.2. The maximum absolute atomic E-state index is 14.2. The molecular formula is C31H38ClN3O4S. The van der Waals surface area contributed by atoms with Crippen LogP contribution in [0.5, 0.6) is 0 Å². The predicted molar refractivity (Wildman–Crippen MR) is 161 cm³/mol. The van der Waals surface area contributed by atoms with Crippen molar-refractivity contribution in [1.29, 1.82) is 0 Å². The Morgan fingerprint density at radius 1 is 0.925 bits per heavy atom. The van der Waals surface area contributed by atoms with Crippen molar-refractivity contribution in [2.45, 2.75) is 64.9 Å². The smallest absolute Gasteiger partial charge is 0.264 e. The molecule has 1 unspecified atom stereocenters. The number of hydrogen-bond donors (Lipinski definition) is 1. The van der Waals surface area contributed by atoms with Crippen molar-refractivity contribution >= 4 is 39.1 Å². The van der Waals surface area contributed by atoms with Gasteiger partial charge in [0.2, 0.25) is 11.8 Å². The Kier molecular flexibility index (Phi) is 10.8. The molecule has 0 fully saturated rings. The summed E-state index contributed by atoms with van der Waals surface area (Å²) in [6.45, 7) is 9.53. The number of hydrogen-bond acceptors (Lipinski definition) is 4. The van der Waals surface area contributed by atoms with Crippen molar-refractivity contribution in [3.05, 3.63) is 94.0 Å². The first-order valence-corrected chi connectivity index (χ1v) is 15.3. The normalized spacial score (nSPS) is 12.1. The van der Waals surface area contributed by atoms with E-state index in [-0.39, 0.29) is 17.3 Å². The van der Waals surface area contributed by atoms with Crippen LogP contribution in [0.3, 0.4) is 0 Å². The lowest BCUT2D eigenvalue weighted by atomic mass is 10.1. The molecule has 40 heavy (non-hydrogen) atoms. The number of aryl methyl sites for hydroxylation is 3. The molecule has 0 bridgehead atoms. The van der Waals surface area contributed by atoms with Gasteiger partial charge >= 0.3 is 0 Å². The Hall–Kier alpha value is -3.36. The predicted octanol–water partition coefficient (Wildman–Crippen LogP) is 5.79. The molecule has 1 atom stereocenters. The SMILES string of the molecule is CCCNC(=O)C(CC)N(Cc1ccccc1C)C(=O)CN(c1cc(Cl)ccc1C)S(=O)(=O)c1ccc(C)cc1. The zero-order chi connectivity index (χ0) is 29.4. The van der Waals surface area contributed by atoms with Crippen LogP contribution >= 0.6 is 11.6 Å². The fourth-order valence-electron chi connectivity index (χ4n) is 4.46. The first kappa shape index (κ1) is 31.2. The number of amides is 2. The van der Waals surface area contributed by atoms with Crippen LogP contribution in [0.1, 0.15) is 48.9 Å². The monoisotopic (exact) mass is 583 g/mol. The van der Waals surface area contributed by atoms with Crippen LogP contribution in [0.15, 0.2) is 71.6 Å². The van der Waals surface area contributed by atoms with Gasteiger partial charge in [0.15, 0.2) is 0 Å². The van der Waals surface area contributed by atoms with E-state index in [1.54, 1.807) is 37.3 Å². The van der Waals surface area contributed by atoms with Gasteiger partial charge in [-0.15, -0.1) is 0 Å². The highest BCUT2D eigenvalue weighted by Gasteiger charge is 2.34. The van der Waals surface area contributed by atoms with Gasteiger partial charge in [0.25, 0.3) is 10.0 Å². The zero-order valence-electron chi connectivity index (χ0n) is 23.8. The molecule has 0 saturated carbocycles. The van der Waals surface area contributed by atoms with Gasteiger partial charge in [-0.3, -0.25) is 13.9 Å². The van der Waals surface area contributed by atoms with E-state index in [4.69, 9.17) is 11.6 Å². The lowest BCUT2D eigenvalue weighted by Crippen LogP contribution is -2.52. The Balaban J connectivity index is 2.11. The highest BCUT2D eigenvalue weighted by Crippen LogP contribution is 2.30. The standard InChI is InChI=1S/C31H38ClN3O4S/c1-6-18-33-31(37)28(7-2)34(20-25-11-9-8-10-23(25)4)30(36)21-35(29-19-26(32)15-14-24(29)5)40(38,39)27-16-12-22(3)13-17-27/h8-17,19,28H,6-7,18,20-21H2,1-5H3,(H,33,37). The highest BCUT2D eigenvalue weighted by atomic mass is 35.5. The number of carbonyl (C=O) groups is 2. The van der Waals surface area contributed by atoms with E-state index in [0.717, 1.165) is 27.4 Å². The summed E-state index contributed by atoms with van der Waals surface area (Å²) in [5, 5.41) is 3.25. The molecule has 3 aromatic rings. The van der Waals surface area contributed by atoms with E-state index < -0.39 is 28.5 Å². The van der Waals surface area contributed by atoms with Gasteiger partial charge in [-0.2, -0.15) is 0 Å². The van der Waals surface area contributed by atoms with Crippen molar-refractivity contribution in [2.24, 2.45) is 0 Å². The summed E-state index contributed by atoms with van der Waals surface area (Å²) in [5.74, 6) is -0.755. The molecule has 0 radical (unpaired) electrons. The lowest BCUT2D eigenvalue weighted by molar-refractivity contribution is -0.140. The van der Waals surface area contributed by atoms with E-state index in [2.05, 4.69) is 5.32 Å². The van der Waals surface area contributed by atoms with E-state index >= 15 is 0 Å². The molecular weight excluding hydrogens is 546 g/mol. The van der Waals surface area contributed by atoms with Crippen LogP contribution in [0, 0.1) is 20.8 Å². The van der Waals surface area contributed by atoms with E-state index in [0.29, 0.717) is 29.2 Å². The minimum atomic E-state index is -4.16. The second-order valence-electron chi connectivity index (χ2n) is 9.92. The summed E-state index contributed by atoms with van der Waals surface area (Å²) in [6, 6.07) is 18.3. The van der Waals surface area contributed by atoms with Gasteiger partial charge in [-0.25, -0.2) is 8.42 Å². The summed E-state index contributed by atoms with van der Waals surface area (Å²) in [7, 11) is -4.16. The topological polar surface area (TPSA) is 86.8 Å². The van der Waals surface area contributed by atoms with Crippen molar-refractivity contribution < 1.29 is 18.0 Å². The van der Waals surface area contributed by atoms with Crippen LogP contribution in [0.4, 0.5) is 5.69 Å². The number of carbonyl (C=O) groups excluding carboxylic acids is 2. The molecule has 0 aliphatic carbocycles. The molecule has 9 heteroatoms. The molecule has 3 rings (SSSR count). The summed E-state index contributed by atoms with van der Waals surface area (Å²) in [6.07, 6.45) is 1.12. The molecule has 3 aromatic carbocycles. The Morgan fingerprint density at radius 3 is 2.23 bits per heavy atom. The molecule has 0 saturated heterocycles. The van der Waals surface area contributed by atoms with Crippen LogP contribution in [-0.4, -0.2) is 44.3 Å². The zero-order valence-corrected chi connectivity index (χ0v) is 25.3. The minimum absolute atomic E-state index is 0.0588. The minimum Gasteiger partial charge on any atom is -0.354 e. The van der Waals surface area contributed by atoms with Crippen LogP contribution in [0.25, 0.3) is 0 Å². The molecule has 7 nitrogen and oxygen atoms in total. The summed E-state index contributed by atoms with van der Waals surface area (Å²) < 4.78 is 29.2. The molecule has 214 valence electrons. The molecule has 2 amide bonds. The third-order valence-electron chi connectivity index (χ3n) is 6.86. The third-order valence-corrected chi connectivity index (χ3v) is 8.87. The summed E-state index contributed by atoms with van der Waals surface area (Å²) >= 11 is 6.29. The molecule has 1 N–H and O–H groups in total. The molecule has 0 aliphatic heterocycles. The van der Waals surface area contributed by atoms with Crippen LogP contribution in [0.2, 0.25) is 5.02 Å². The fourth-order valence-corrected chi connectivity index (χ4v) is 6.10. The number of sulfonamides is 1. The average molecular weight is 584 g/mol.